The van der Waals surface area contributed by atoms with E-state index in [1.165, 1.54) is 5.57 Å². The average Bonchev–Trinajstić information content (AvgIpc) is 2.31. The molecular weight excluding hydrogens is 148 g/mol. The van der Waals surface area contributed by atoms with Gasteiger partial charge in [-0.15, -0.1) is 0 Å². The van der Waals surface area contributed by atoms with E-state index in [9.17, 15) is 4.79 Å². The van der Waals surface area contributed by atoms with E-state index >= 15 is 0 Å². The third-order valence-electron chi connectivity index (χ3n) is 3.47. The molecule has 1 nitrogen and oxygen atoms in total. The van der Waals surface area contributed by atoms with Gasteiger partial charge in [0, 0.05) is 11.8 Å². The van der Waals surface area contributed by atoms with Gasteiger partial charge in [0.25, 0.3) is 0 Å². The first kappa shape index (κ1) is 7.78. The summed E-state index contributed by atoms with van der Waals surface area (Å²) in [5, 5.41) is 0. The quantitative estimate of drug-likeness (QED) is 0.500. The summed E-state index contributed by atoms with van der Waals surface area (Å²) in [6.45, 7) is 6.28. The first-order valence-corrected chi connectivity index (χ1v) is 4.53. The minimum atomic E-state index is 0.133. The molecule has 2 rings (SSSR count). The fourth-order valence-corrected chi connectivity index (χ4v) is 2.35. The van der Waals surface area contributed by atoms with E-state index in [2.05, 4.69) is 19.6 Å². The number of fused-ring (bicyclic) bond motifs is 1. The van der Waals surface area contributed by atoms with Crippen LogP contribution >= 0.6 is 0 Å². The number of carbonyl (C=O) groups is 1. The van der Waals surface area contributed by atoms with E-state index in [1.807, 2.05) is 0 Å². The molecule has 0 heterocycles. The zero-order valence-electron chi connectivity index (χ0n) is 7.47. The molecule has 64 valence electrons. The fourth-order valence-electron chi connectivity index (χ4n) is 2.35. The molecule has 0 N–H and O–H groups in total. The molecule has 0 saturated heterocycles. The Morgan fingerprint density at radius 1 is 1.67 bits per heavy atom. The maximum absolute atomic E-state index is 11.1. The van der Waals surface area contributed by atoms with Crippen LogP contribution < -0.4 is 0 Å². The molecule has 2 atom stereocenters. The molecule has 0 aromatic carbocycles. The molecule has 0 bridgehead atoms. The second-order valence-corrected chi connectivity index (χ2v) is 4.13. The van der Waals surface area contributed by atoms with Crippen LogP contribution in [0.3, 0.4) is 0 Å². The summed E-state index contributed by atoms with van der Waals surface area (Å²) in [5.41, 5.74) is 1.43. The summed E-state index contributed by atoms with van der Waals surface area (Å²) in [4.78, 5) is 11.1. The molecule has 0 radical (unpaired) electrons. The highest BCUT2D eigenvalue weighted by atomic mass is 16.1. The predicted molar refractivity (Wildman–Crippen MR) is 48.7 cm³/mol. The van der Waals surface area contributed by atoms with Crippen molar-refractivity contribution in [2.24, 2.45) is 11.3 Å². The average molecular weight is 162 g/mol. The Hall–Kier alpha value is -0.850. The van der Waals surface area contributed by atoms with Gasteiger partial charge in [-0.05, 0) is 24.8 Å². The molecule has 1 heteroatoms. The van der Waals surface area contributed by atoms with Gasteiger partial charge in [0.2, 0.25) is 0 Å². The Bertz CT molecular complexity index is 275. The lowest BCUT2D eigenvalue weighted by atomic mass is 9.72. The van der Waals surface area contributed by atoms with Crippen molar-refractivity contribution in [2.45, 2.75) is 26.2 Å². The lowest BCUT2D eigenvalue weighted by Gasteiger charge is -2.31. The van der Waals surface area contributed by atoms with Gasteiger partial charge in [-0.1, -0.05) is 25.2 Å². The lowest BCUT2D eigenvalue weighted by molar-refractivity contribution is -0.116. The molecule has 1 fully saturated rings. The maximum atomic E-state index is 11.1. The van der Waals surface area contributed by atoms with Crippen LogP contribution in [0.2, 0.25) is 0 Å². The molecule has 0 spiro atoms. The van der Waals surface area contributed by atoms with Crippen molar-refractivity contribution >= 4 is 5.78 Å². The molecule has 0 aliphatic heterocycles. The van der Waals surface area contributed by atoms with Gasteiger partial charge >= 0.3 is 0 Å². The monoisotopic (exact) mass is 162 g/mol. The standard InChI is InChI=1S/C11H14O/c1-8-3-4-9-7-10(12)5-6-11(8,9)2/h5-6,9H,1,3-4,7H2,2H3. The van der Waals surface area contributed by atoms with E-state index in [1.54, 1.807) is 6.08 Å². The van der Waals surface area contributed by atoms with E-state index in [4.69, 9.17) is 0 Å². The zero-order chi connectivity index (χ0) is 8.77. The Morgan fingerprint density at radius 2 is 2.42 bits per heavy atom. The van der Waals surface area contributed by atoms with Crippen molar-refractivity contribution in [1.29, 1.82) is 0 Å². The number of ketones is 1. The van der Waals surface area contributed by atoms with Gasteiger partial charge in [-0.2, -0.15) is 0 Å². The smallest absolute Gasteiger partial charge is 0.155 e. The highest BCUT2D eigenvalue weighted by Crippen LogP contribution is 2.50. The number of rotatable bonds is 0. The van der Waals surface area contributed by atoms with Crippen molar-refractivity contribution in [2.75, 3.05) is 0 Å². The summed E-state index contributed by atoms with van der Waals surface area (Å²) in [6, 6.07) is 0. The predicted octanol–water partition coefficient (Wildman–Crippen LogP) is 2.49. The number of hydrogen-bond donors (Lipinski definition) is 0. The van der Waals surface area contributed by atoms with Crippen molar-refractivity contribution < 1.29 is 4.79 Å². The Labute approximate surface area is 73.2 Å². The van der Waals surface area contributed by atoms with Crippen LogP contribution in [0.25, 0.3) is 0 Å². The van der Waals surface area contributed by atoms with Crippen molar-refractivity contribution in [3.63, 3.8) is 0 Å². The molecule has 2 aliphatic rings. The Balaban J connectivity index is 2.39. The van der Waals surface area contributed by atoms with Crippen molar-refractivity contribution in [3.8, 4) is 0 Å². The van der Waals surface area contributed by atoms with Gasteiger partial charge in [0.05, 0.1) is 0 Å². The summed E-state index contributed by atoms with van der Waals surface area (Å²) < 4.78 is 0. The largest absolute Gasteiger partial charge is 0.295 e. The Kier molecular flexibility index (Phi) is 1.50. The lowest BCUT2D eigenvalue weighted by Crippen LogP contribution is -2.26. The summed E-state index contributed by atoms with van der Waals surface area (Å²) in [7, 11) is 0. The number of hydrogen-bond acceptors (Lipinski definition) is 1. The Morgan fingerprint density at radius 3 is 3.17 bits per heavy atom. The molecule has 0 amide bonds. The van der Waals surface area contributed by atoms with Crippen LogP contribution in [-0.2, 0) is 4.79 Å². The van der Waals surface area contributed by atoms with Gasteiger partial charge < -0.3 is 0 Å². The molecule has 2 unspecified atom stereocenters. The van der Waals surface area contributed by atoms with Crippen molar-refractivity contribution in [1.82, 2.24) is 0 Å². The fraction of sp³-hybridized carbons (Fsp3) is 0.545. The normalized spacial score (nSPS) is 40.2. The van der Waals surface area contributed by atoms with Gasteiger partial charge in [-0.25, -0.2) is 0 Å². The van der Waals surface area contributed by atoms with E-state index < -0.39 is 0 Å². The minimum Gasteiger partial charge on any atom is -0.295 e. The van der Waals surface area contributed by atoms with Crippen LogP contribution in [0.5, 0.6) is 0 Å². The zero-order valence-corrected chi connectivity index (χ0v) is 7.47. The molecular formula is C11H14O. The van der Waals surface area contributed by atoms with E-state index in [0.29, 0.717) is 5.92 Å². The third kappa shape index (κ3) is 0.889. The van der Waals surface area contributed by atoms with Crippen LogP contribution in [0, 0.1) is 11.3 Å². The summed E-state index contributed by atoms with van der Waals surface area (Å²) >= 11 is 0. The van der Waals surface area contributed by atoms with E-state index in [0.717, 1.165) is 19.3 Å². The van der Waals surface area contributed by atoms with E-state index in [-0.39, 0.29) is 11.2 Å². The first-order chi connectivity index (χ1) is 5.63. The molecule has 12 heavy (non-hydrogen) atoms. The highest BCUT2D eigenvalue weighted by Gasteiger charge is 2.42. The van der Waals surface area contributed by atoms with Crippen LogP contribution in [0.1, 0.15) is 26.2 Å². The molecule has 0 aromatic rings. The summed E-state index contributed by atoms with van der Waals surface area (Å²) in [6.07, 6.45) is 6.75. The minimum absolute atomic E-state index is 0.133. The summed E-state index contributed by atoms with van der Waals surface area (Å²) in [5.74, 6) is 0.815. The van der Waals surface area contributed by atoms with Gasteiger partial charge in [0.15, 0.2) is 5.78 Å². The second kappa shape index (κ2) is 2.32. The highest BCUT2D eigenvalue weighted by molar-refractivity contribution is 5.91. The SMILES string of the molecule is C=C1CCC2CC(=O)C=CC12C. The van der Waals surface area contributed by atoms with Crippen LogP contribution in [0.15, 0.2) is 24.3 Å². The maximum Gasteiger partial charge on any atom is 0.155 e. The number of carbonyl (C=O) groups excluding carboxylic acids is 1. The first-order valence-electron chi connectivity index (χ1n) is 4.53. The molecule has 0 aromatic heterocycles. The van der Waals surface area contributed by atoms with Gasteiger partial charge in [-0.3, -0.25) is 4.79 Å². The third-order valence-corrected chi connectivity index (χ3v) is 3.47. The second-order valence-electron chi connectivity index (χ2n) is 4.13. The van der Waals surface area contributed by atoms with Crippen molar-refractivity contribution in [3.05, 3.63) is 24.3 Å². The molecule has 2 aliphatic carbocycles. The number of allylic oxidation sites excluding steroid dienone is 3. The van der Waals surface area contributed by atoms with Gasteiger partial charge in [0.1, 0.15) is 0 Å². The van der Waals surface area contributed by atoms with Crippen LogP contribution in [-0.4, -0.2) is 5.78 Å². The molecule has 1 saturated carbocycles. The topological polar surface area (TPSA) is 17.1 Å². The van der Waals surface area contributed by atoms with Crippen LogP contribution in [0.4, 0.5) is 0 Å².